The molecule has 0 amide bonds. The van der Waals surface area contributed by atoms with Crippen molar-refractivity contribution in [1.29, 1.82) is 5.26 Å². The minimum absolute atomic E-state index is 0.169. The molecule has 6 heteroatoms. The fourth-order valence-corrected chi connectivity index (χ4v) is 3.43. The smallest absolute Gasteiger partial charge is 0.381 e. The van der Waals surface area contributed by atoms with Crippen LogP contribution in [0, 0.1) is 11.3 Å². The molecule has 1 aliphatic heterocycles. The van der Waals surface area contributed by atoms with E-state index in [4.69, 9.17) is 5.26 Å². The molecule has 0 aliphatic carbocycles. The fraction of sp³-hybridized carbons (Fsp3) is 0.500. The van der Waals surface area contributed by atoms with Gasteiger partial charge in [-0.1, -0.05) is 6.92 Å². The molecule has 0 aromatic heterocycles. The Balaban J connectivity index is 2.23. The number of halogens is 3. The van der Waals surface area contributed by atoms with Gasteiger partial charge in [0.25, 0.3) is 0 Å². The highest BCUT2D eigenvalue weighted by molar-refractivity contribution is 8.00. The molecule has 1 N–H and O–H groups in total. The predicted octanol–water partition coefficient (Wildman–Crippen LogP) is 4.27. The number of nitrogens with zero attached hydrogens (tertiary/aromatic N) is 1. The summed E-state index contributed by atoms with van der Waals surface area (Å²) in [5.41, 5.74) is -0.786. The Hall–Kier alpha value is -1.35. The molecule has 1 aromatic rings. The van der Waals surface area contributed by atoms with Crippen LogP contribution in [0.15, 0.2) is 18.2 Å². The van der Waals surface area contributed by atoms with E-state index in [1.807, 2.05) is 11.8 Å². The highest BCUT2D eigenvalue weighted by atomic mass is 32.2. The Labute approximate surface area is 120 Å². The van der Waals surface area contributed by atoms with E-state index in [0.29, 0.717) is 10.9 Å². The zero-order chi connectivity index (χ0) is 14.8. The summed E-state index contributed by atoms with van der Waals surface area (Å²) in [6.07, 6.45) is -2.49. The zero-order valence-electron chi connectivity index (χ0n) is 11.0. The van der Waals surface area contributed by atoms with Crippen molar-refractivity contribution in [3.63, 3.8) is 0 Å². The Morgan fingerprint density at radius 3 is 2.75 bits per heavy atom. The van der Waals surface area contributed by atoms with Crippen LogP contribution in [0.3, 0.4) is 0 Å². The minimum atomic E-state index is -4.50. The van der Waals surface area contributed by atoms with Crippen LogP contribution in [0.1, 0.15) is 30.9 Å². The van der Waals surface area contributed by atoms with E-state index in [2.05, 4.69) is 12.2 Å². The molecule has 2 rings (SSSR count). The van der Waals surface area contributed by atoms with E-state index in [9.17, 15) is 13.2 Å². The van der Waals surface area contributed by atoms with Crippen LogP contribution in [0.2, 0.25) is 0 Å². The number of hydrogen-bond acceptors (Lipinski definition) is 3. The van der Waals surface area contributed by atoms with Crippen molar-refractivity contribution in [2.75, 3.05) is 11.1 Å². The summed E-state index contributed by atoms with van der Waals surface area (Å²) in [7, 11) is 0. The Morgan fingerprint density at radius 1 is 1.40 bits per heavy atom. The lowest BCUT2D eigenvalue weighted by atomic mass is 10.0. The van der Waals surface area contributed by atoms with Crippen LogP contribution in [-0.2, 0) is 6.18 Å². The molecule has 2 nitrogen and oxygen atoms in total. The normalized spacial score (nSPS) is 23.1. The standard InChI is InChI=1S/C14H15F3N2S/c1-9-13(3-2-6-20-9)19-11-5-4-10(8-18)12(7-11)14(15,16)17/h4-5,7,9,13,19H,2-3,6H2,1H3. The highest BCUT2D eigenvalue weighted by Gasteiger charge is 2.34. The summed E-state index contributed by atoms with van der Waals surface area (Å²) in [6.45, 7) is 2.08. The fourth-order valence-electron chi connectivity index (χ4n) is 2.29. The van der Waals surface area contributed by atoms with Crippen molar-refractivity contribution in [2.45, 2.75) is 37.2 Å². The number of benzene rings is 1. The number of thioether (sulfide) groups is 1. The van der Waals surface area contributed by atoms with Crippen molar-refractivity contribution < 1.29 is 13.2 Å². The van der Waals surface area contributed by atoms with Crippen LogP contribution in [0.5, 0.6) is 0 Å². The molecule has 0 saturated carbocycles. The molecule has 108 valence electrons. The molecule has 0 radical (unpaired) electrons. The van der Waals surface area contributed by atoms with Crippen LogP contribution in [-0.4, -0.2) is 17.0 Å². The summed E-state index contributed by atoms with van der Waals surface area (Å²) in [4.78, 5) is 0. The van der Waals surface area contributed by atoms with Crippen LogP contribution < -0.4 is 5.32 Å². The average Bonchev–Trinajstić information content (AvgIpc) is 2.40. The van der Waals surface area contributed by atoms with E-state index in [1.165, 1.54) is 6.07 Å². The zero-order valence-corrected chi connectivity index (χ0v) is 11.8. The van der Waals surface area contributed by atoms with Gasteiger partial charge < -0.3 is 5.32 Å². The van der Waals surface area contributed by atoms with Gasteiger partial charge in [0, 0.05) is 17.0 Å². The quantitative estimate of drug-likeness (QED) is 0.886. The summed E-state index contributed by atoms with van der Waals surface area (Å²) >= 11 is 1.83. The van der Waals surface area contributed by atoms with Gasteiger partial charge in [-0.25, -0.2) is 0 Å². The average molecular weight is 300 g/mol. The van der Waals surface area contributed by atoms with Gasteiger partial charge in [0.15, 0.2) is 0 Å². The molecular weight excluding hydrogens is 285 g/mol. The Morgan fingerprint density at radius 2 is 2.15 bits per heavy atom. The molecule has 2 atom stereocenters. The Bertz CT molecular complexity index is 522. The third kappa shape index (κ3) is 3.40. The maximum Gasteiger partial charge on any atom is 0.417 e. The van der Waals surface area contributed by atoms with Gasteiger partial charge in [0.1, 0.15) is 0 Å². The SMILES string of the molecule is CC1SCCCC1Nc1ccc(C#N)c(C(F)(F)F)c1. The third-order valence-electron chi connectivity index (χ3n) is 3.40. The van der Waals surface area contributed by atoms with Gasteiger partial charge in [-0.05, 0) is 36.8 Å². The van der Waals surface area contributed by atoms with Crippen LogP contribution >= 0.6 is 11.8 Å². The predicted molar refractivity (Wildman–Crippen MR) is 74.7 cm³/mol. The van der Waals surface area contributed by atoms with Gasteiger partial charge in [-0.3, -0.25) is 0 Å². The van der Waals surface area contributed by atoms with E-state index in [1.54, 1.807) is 12.1 Å². The number of nitriles is 1. The molecule has 1 aromatic carbocycles. The molecular formula is C14H15F3N2S. The largest absolute Gasteiger partial charge is 0.417 e. The van der Waals surface area contributed by atoms with Crippen molar-refractivity contribution in [3.8, 4) is 6.07 Å². The topological polar surface area (TPSA) is 35.8 Å². The number of anilines is 1. The van der Waals surface area contributed by atoms with Crippen molar-refractivity contribution in [3.05, 3.63) is 29.3 Å². The summed E-state index contributed by atoms with van der Waals surface area (Å²) in [5.74, 6) is 1.10. The first kappa shape index (κ1) is 15.0. The highest BCUT2D eigenvalue weighted by Crippen LogP contribution is 2.34. The second-order valence-electron chi connectivity index (χ2n) is 4.84. The van der Waals surface area contributed by atoms with Gasteiger partial charge >= 0.3 is 6.18 Å². The maximum absolute atomic E-state index is 12.9. The molecule has 1 heterocycles. The molecule has 0 bridgehead atoms. The monoisotopic (exact) mass is 300 g/mol. The number of alkyl halides is 3. The van der Waals surface area contributed by atoms with E-state index < -0.39 is 11.7 Å². The van der Waals surface area contributed by atoms with Gasteiger partial charge in [-0.15, -0.1) is 0 Å². The van der Waals surface area contributed by atoms with Crippen molar-refractivity contribution >= 4 is 17.4 Å². The molecule has 1 aliphatic rings. The maximum atomic E-state index is 12.9. The third-order valence-corrected chi connectivity index (χ3v) is 4.78. The first-order chi connectivity index (χ1) is 9.41. The molecule has 0 spiro atoms. The van der Waals surface area contributed by atoms with Crippen LogP contribution in [0.4, 0.5) is 18.9 Å². The number of nitrogens with one attached hydrogen (secondary N) is 1. The van der Waals surface area contributed by atoms with Gasteiger partial charge in [0.05, 0.1) is 17.2 Å². The second kappa shape index (κ2) is 5.96. The summed E-state index contributed by atoms with van der Waals surface area (Å²) in [5, 5.41) is 12.3. The lowest BCUT2D eigenvalue weighted by Gasteiger charge is -2.30. The summed E-state index contributed by atoms with van der Waals surface area (Å²) in [6, 6.07) is 5.56. The molecule has 2 unspecified atom stereocenters. The second-order valence-corrected chi connectivity index (χ2v) is 6.32. The number of rotatable bonds is 2. The first-order valence-electron chi connectivity index (χ1n) is 6.41. The van der Waals surface area contributed by atoms with Crippen LogP contribution in [0.25, 0.3) is 0 Å². The lowest BCUT2D eigenvalue weighted by Crippen LogP contribution is -2.32. The van der Waals surface area contributed by atoms with Crippen molar-refractivity contribution in [1.82, 2.24) is 0 Å². The minimum Gasteiger partial charge on any atom is -0.381 e. The summed E-state index contributed by atoms with van der Waals surface area (Å²) < 4.78 is 38.7. The van der Waals surface area contributed by atoms with E-state index in [-0.39, 0.29) is 11.6 Å². The van der Waals surface area contributed by atoms with E-state index in [0.717, 1.165) is 24.7 Å². The van der Waals surface area contributed by atoms with Crippen molar-refractivity contribution in [2.24, 2.45) is 0 Å². The van der Waals surface area contributed by atoms with E-state index >= 15 is 0 Å². The molecule has 1 saturated heterocycles. The first-order valence-corrected chi connectivity index (χ1v) is 7.46. The molecule has 1 fully saturated rings. The van der Waals surface area contributed by atoms with Gasteiger partial charge in [0.2, 0.25) is 0 Å². The Kier molecular flexibility index (Phi) is 4.48. The number of hydrogen-bond donors (Lipinski definition) is 1. The molecule has 20 heavy (non-hydrogen) atoms. The lowest BCUT2D eigenvalue weighted by molar-refractivity contribution is -0.137. The van der Waals surface area contributed by atoms with Gasteiger partial charge in [-0.2, -0.15) is 30.2 Å².